The molecule has 0 radical (unpaired) electrons. The monoisotopic (exact) mass is 189 g/mol. The van der Waals surface area contributed by atoms with Crippen LogP contribution in [-0.2, 0) is 12.0 Å². The molecule has 76 valence electrons. The Morgan fingerprint density at radius 3 is 2.57 bits per heavy atom. The fourth-order valence-electron chi connectivity index (χ4n) is 2.29. The van der Waals surface area contributed by atoms with Crippen molar-refractivity contribution in [2.24, 2.45) is 5.73 Å². The maximum atomic E-state index is 6.37. The first-order chi connectivity index (χ1) is 6.65. The number of benzene rings is 1. The average molecular weight is 189 g/mol. The van der Waals surface area contributed by atoms with Crippen LogP contribution >= 0.6 is 0 Å². The molecule has 1 saturated carbocycles. The van der Waals surface area contributed by atoms with Crippen molar-refractivity contribution in [2.45, 2.75) is 45.1 Å². The normalized spacial score (nSPS) is 19.1. The minimum atomic E-state index is -0.00262. The SMILES string of the molecule is CCc1ccc(C)cc1C1(N)CCC1. The van der Waals surface area contributed by atoms with E-state index in [-0.39, 0.29) is 5.54 Å². The molecular formula is C13H19N. The number of hydrogen-bond acceptors (Lipinski definition) is 1. The Morgan fingerprint density at radius 1 is 1.36 bits per heavy atom. The van der Waals surface area contributed by atoms with Crippen LogP contribution < -0.4 is 5.73 Å². The first-order valence-corrected chi connectivity index (χ1v) is 5.54. The van der Waals surface area contributed by atoms with Crippen molar-refractivity contribution in [2.75, 3.05) is 0 Å². The molecule has 2 N–H and O–H groups in total. The second kappa shape index (κ2) is 3.39. The van der Waals surface area contributed by atoms with Crippen LogP contribution in [0.3, 0.4) is 0 Å². The van der Waals surface area contributed by atoms with Gasteiger partial charge < -0.3 is 5.73 Å². The summed E-state index contributed by atoms with van der Waals surface area (Å²) in [4.78, 5) is 0. The van der Waals surface area contributed by atoms with Crippen LogP contribution in [-0.4, -0.2) is 0 Å². The molecule has 0 spiro atoms. The maximum absolute atomic E-state index is 6.37. The summed E-state index contributed by atoms with van der Waals surface area (Å²) in [5.74, 6) is 0. The first-order valence-electron chi connectivity index (χ1n) is 5.54. The first kappa shape index (κ1) is 9.72. The molecule has 14 heavy (non-hydrogen) atoms. The molecule has 1 aliphatic rings. The van der Waals surface area contributed by atoms with E-state index in [1.54, 1.807) is 0 Å². The summed E-state index contributed by atoms with van der Waals surface area (Å²) >= 11 is 0. The van der Waals surface area contributed by atoms with Gasteiger partial charge in [0.15, 0.2) is 0 Å². The molecule has 1 nitrogen and oxygen atoms in total. The topological polar surface area (TPSA) is 26.0 Å². The number of rotatable bonds is 2. The van der Waals surface area contributed by atoms with Crippen molar-refractivity contribution < 1.29 is 0 Å². The lowest BCUT2D eigenvalue weighted by Gasteiger charge is -2.40. The quantitative estimate of drug-likeness (QED) is 0.760. The summed E-state index contributed by atoms with van der Waals surface area (Å²) < 4.78 is 0. The lowest BCUT2D eigenvalue weighted by atomic mass is 9.70. The minimum Gasteiger partial charge on any atom is -0.321 e. The molecule has 2 rings (SSSR count). The zero-order chi connectivity index (χ0) is 10.2. The molecule has 0 bridgehead atoms. The molecule has 1 aliphatic carbocycles. The van der Waals surface area contributed by atoms with Gasteiger partial charge in [0.1, 0.15) is 0 Å². The van der Waals surface area contributed by atoms with Crippen molar-refractivity contribution >= 4 is 0 Å². The summed E-state index contributed by atoms with van der Waals surface area (Å²) in [7, 11) is 0. The van der Waals surface area contributed by atoms with Crippen LogP contribution in [0, 0.1) is 6.92 Å². The zero-order valence-corrected chi connectivity index (χ0v) is 9.14. The lowest BCUT2D eigenvalue weighted by Crippen LogP contribution is -2.44. The standard InChI is InChI=1S/C13H19N/c1-3-11-6-5-10(2)9-12(11)13(14)7-4-8-13/h5-6,9H,3-4,7-8,14H2,1-2H3. The average Bonchev–Trinajstić information content (AvgIpc) is 2.14. The highest BCUT2D eigenvalue weighted by Crippen LogP contribution is 2.40. The molecule has 0 saturated heterocycles. The van der Waals surface area contributed by atoms with E-state index in [0.29, 0.717) is 0 Å². The van der Waals surface area contributed by atoms with Gasteiger partial charge in [0.25, 0.3) is 0 Å². The molecular weight excluding hydrogens is 170 g/mol. The molecule has 1 fully saturated rings. The molecule has 1 heteroatoms. The van der Waals surface area contributed by atoms with Crippen molar-refractivity contribution in [1.29, 1.82) is 0 Å². The predicted molar refractivity (Wildman–Crippen MR) is 60.3 cm³/mol. The molecule has 0 aliphatic heterocycles. The van der Waals surface area contributed by atoms with Crippen molar-refractivity contribution in [3.8, 4) is 0 Å². The Labute approximate surface area is 86.3 Å². The van der Waals surface area contributed by atoms with E-state index in [4.69, 9.17) is 5.73 Å². The van der Waals surface area contributed by atoms with E-state index in [0.717, 1.165) is 19.3 Å². The Kier molecular flexibility index (Phi) is 2.36. The van der Waals surface area contributed by atoms with Crippen LogP contribution in [0.25, 0.3) is 0 Å². The Morgan fingerprint density at radius 2 is 2.07 bits per heavy atom. The van der Waals surface area contributed by atoms with Gasteiger partial charge in [0.2, 0.25) is 0 Å². The minimum absolute atomic E-state index is 0.00262. The van der Waals surface area contributed by atoms with Gasteiger partial charge in [0, 0.05) is 5.54 Å². The van der Waals surface area contributed by atoms with Gasteiger partial charge in [-0.25, -0.2) is 0 Å². The molecule has 0 amide bonds. The summed E-state index contributed by atoms with van der Waals surface area (Å²) in [6.45, 7) is 4.35. The number of hydrogen-bond donors (Lipinski definition) is 1. The van der Waals surface area contributed by atoms with Crippen LogP contribution in [0.5, 0.6) is 0 Å². The number of nitrogens with two attached hydrogens (primary N) is 1. The maximum Gasteiger partial charge on any atom is 0.0412 e. The van der Waals surface area contributed by atoms with Gasteiger partial charge >= 0.3 is 0 Å². The third-order valence-corrected chi connectivity index (χ3v) is 3.43. The van der Waals surface area contributed by atoms with Gasteiger partial charge in [-0.15, -0.1) is 0 Å². The Balaban J connectivity index is 2.43. The third kappa shape index (κ3) is 1.46. The van der Waals surface area contributed by atoms with E-state index in [2.05, 4.69) is 32.0 Å². The second-order valence-corrected chi connectivity index (χ2v) is 4.52. The summed E-state index contributed by atoms with van der Waals surface area (Å²) in [6.07, 6.45) is 4.69. The van der Waals surface area contributed by atoms with Gasteiger partial charge in [-0.1, -0.05) is 30.7 Å². The van der Waals surface area contributed by atoms with Gasteiger partial charge in [-0.05, 0) is 43.7 Å². The van der Waals surface area contributed by atoms with Crippen molar-refractivity contribution in [3.63, 3.8) is 0 Å². The van der Waals surface area contributed by atoms with E-state index >= 15 is 0 Å². The highest BCUT2D eigenvalue weighted by Gasteiger charge is 2.35. The van der Waals surface area contributed by atoms with Gasteiger partial charge in [-0.3, -0.25) is 0 Å². The van der Waals surface area contributed by atoms with Crippen LogP contribution in [0.1, 0.15) is 42.9 Å². The Bertz CT molecular complexity index is 337. The Hall–Kier alpha value is -0.820. The summed E-state index contributed by atoms with van der Waals surface area (Å²) in [5, 5.41) is 0. The fourth-order valence-corrected chi connectivity index (χ4v) is 2.29. The lowest BCUT2D eigenvalue weighted by molar-refractivity contribution is 0.252. The molecule has 1 aromatic carbocycles. The second-order valence-electron chi connectivity index (χ2n) is 4.52. The zero-order valence-electron chi connectivity index (χ0n) is 9.14. The van der Waals surface area contributed by atoms with E-state index < -0.39 is 0 Å². The third-order valence-electron chi connectivity index (χ3n) is 3.43. The fraction of sp³-hybridized carbons (Fsp3) is 0.538. The summed E-state index contributed by atoms with van der Waals surface area (Å²) in [6, 6.07) is 6.69. The van der Waals surface area contributed by atoms with Crippen molar-refractivity contribution in [3.05, 3.63) is 34.9 Å². The van der Waals surface area contributed by atoms with Crippen LogP contribution in [0.15, 0.2) is 18.2 Å². The largest absolute Gasteiger partial charge is 0.321 e. The van der Waals surface area contributed by atoms with Crippen LogP contribution in [0.2, 0.25) is 0 Å². The molecule has 1 aromatic rings. The van der Waals surface area contributed by atoms with Gasteiger partial charge in [0.05, 0.1) is 0 Å². The highest BCUT2D eigenvalue weighted by molar-refractivity contribution is 5.38. The number of aryl methyl sites for hydroxylation is 2. The molecule has 0 aromatic heterocycles. The highest BCUT2D eigenvalue weighted by atomic mass is 14.8. The predicted octanol–water partition coefficient (Wildman–Crippen LogP) is 2.90. The van der Waals surface area contributed by atoms with Crippen molar-refractivity contribution in [1.82, 2.24) is 0 Å². The molecule has 0 heterocycles. The van der Waals surface area contributed by atoms with Gasteiger partial charge in [-0.2, -0.15) is 0 Å². The van der Waals surface area contributed by atoms with E-state index in [9.17, 15) is 0 Å². The van der Waals surface area contributed by atoms with E-state index in [1.165, 1.54) is 23.1 Å². The molecule has 0 atom stereocenters. The van der Waals surface area contributed by atoms with E-state index in [1.807, 2.05) is 0 Å². The smallest absolute Gasteiger partial charge is 0.0412 e. The molecule has 0 unspecified atom stereocenters. The summed E-state index contributed by atoms with van der Waals surface area (Å²) in [5.41, 5.74) is 10.5. The van der Waals surface area contributed by atoms with Crippen LogP contribution in [0.4, 0.5) is 0 Å².